The Balaban J connectivity index is 1.87. The number of ether oxygens (including phenoxy) is 1. The molecule has 0 aliphatic rings. The molecule has 2 aromatic rings. The minimum absolute atomic E-state index is 0.0283. The third-order valence-corrected chi connectivity index (χ3v) is 3.79. The Hall–Kier alpha value is -1.46. The Kier molecular flexibility index (Phi) is 5.31. The molecule has 0 aliphatic carbocycles. The number of carbonyl (C=O) groups is 1. The van der Waals surface area contributed by atoms with Crippen LogP contribution in [0.2, 0.25) is 5.02 Å². The minimum atomic E-state index is -0.130. The maximum absolute atomic E-state index is 12.0. The lowest BCUT2D eigenvalue weighted by Crippen LogP contribution is -2.30. The van der Waals surface area contributed by atoms with Crippen LogP contribution >= 0.6 is 27.5 Å². The number of furan rings is 1. The van der Waals surface area contributed by atoms with Gasteiger partial charge >= 0.3 is 0 Å². The average molecular weight is 373 g/mol. The summed E-state index contributed by atoms with van der Waals surface area (Å²) >= 11 is 9.17. The van der Waals surface area contributed by atoms with Crippen LogP contribution in [0.5, 0.6) is 5.75 Å². The fourth-order valence-corrected chi connectivity index (χ4v) is 2.18. The zero-order chi connectivity index (χ0) is 15.4. The van der Waals surface area contributed by atoms with Crippen molar-refractivity contribution in [3.63, 3.8) is 0 Å². The first-order valence-electron chi connectivity index (χ1n) is 6.33. The number of halogens is 2. The van der Waals surface area contributed by atoms with E-state index in [4.69, 9.17) is 20.8 Å². The Morgan fingerprint density at radius 2 is 2.14 bits per heavy atom. The zero-order valence-corrected chi connectivity index (χ0v) is 14.1. The summed E-state index contributed by atoms with van der Waals surface area (Å²) in [6.07, 6.45) is 0. The lowest BCUT2D eigenvalue weighted by atomic mass is 10.2. The largest absolute Gasteiger partial charge is 0.484 e. The quantitative estimate of drug-likeness (QED) is 0.795. The van der Waals surface area contributed by atoms with Gasteiger partial charge in [0.25, 0.3) is 5.91 Å². The third kappa shape index (κ3) is 4.51. The molecule has 0 saturated carbocycles. The van der Waals surface area contributed by atoms with Crippen LogP contribution < -0.4 is 4.74 Å². The topological polar surface area (TPSA) is 42.7 Å². The van der Waals surface area contributed by atoms with Crippen LogP contribution in [0.1, 0.15) is 11.3 Å². The summed E-state index contributed by atoms with van der Waals surface area (Å²) in [4.78, 5) is 13.6. The molecule has 1 aromatic carbocycles. The van der Waals surface area contributed by atoms with Crippen molar-refractivity contribution in [3.05, 3.63) is 51.3 Å². The molecule has 0 fully saturated rings. The summed E-state index contributed by atoms with van der Waals surface area (Å²) in [6.45, 7) is 2.25. The molecule has 0 radical (unpaired) electrons. The van der Waals surface area contributed by atoms with E-state index in [2.05, 4.69) is 15.9 Å². The van der Waals surface area contributed by atoms with Crippen LogP contribution in [-0.2, 0) is 11.3 Å². The number of hydrogen-bond donors (Lipinski definition) is 0. The molecule has 1 amide bonds. The third-order valence-electron chi connectivity index (χ3n) is 2.94. The predicted molar refractivity (Wildman–Crippen MR) is 84.6 cm³/mol. The fourth-order valence-electron chi connectivity index (χ4n) is 1.72. The lowest BCUT2D eigenvalue weighted by molar-refractivity contribution is -0.132. The van der Waals surface area contributed by atoms with Crippen LogP contribution in [0.25, 0.3) is 0 Å². The molecule has 2 rings (SSSR count). The van der Waals surface area contributed by atoms with Crippen molar-refractivity contribution in [2.24, 2.45) is 0 Å². The molecular formula is C15H15BrClNO3. The van der Waals surface area contributed by atoms with Crippen molar-refractivity contribution in [1.82, 2.24) is 4.90 Å². The van der Waals surface area contributed by atoms with E-state index in [1.165, 1.54) is 0 Å². The van der Waals surface area contributed by atoms with Gasteiger partial charge in [0.1, 0.15) is 11.5 Å². The van der Waals surface area contributed by atoms with E-state index in [1.54, 1.807) is 36.2 Å². The van der Waals surface area contributed by atoms with Crippen molar-refractivity contribution in [3.8, 4) is 5.75 Å². The number of likely N-dealkylation sites (N-methyl/N-ethyl adjacent to an activating group) is 1. The maximum Gasteiger partial charge on any atom is 0.260 e. The molecule has 1 heterocycles. The Bertz CT molecular complexity index is 642. The first-order valence-corrected chi connectivity index (χ1v) is 7.50. The predicted octanol–water partition coefficient (Wildman–Crippen LogP) is 4.04. The van der Waals surface area contributed by atoms with Gasteiger partial charge in [0, 0.05) is 12.1 Å². The molecule has 0 bridgehead atoms. The van der Waals surface area contributed by atoms with Gasteiger partial charge in [-0.2, -0.15) is 0 Å². The summed E-state index contributed by atoms with van der Waals surface area (Å²) in [5, 5.41) is 0.675. The maximum atomic E-state index is 12.0. The van der Waals surface area contributed by atoms with Crippen LogP contribution in [0.3, 0.4) is 0 Å². The second-order valence-electron chi connectivity index (χ2n) is 4.66. The van der Waals surface area contributed by atoms with Crippen molar-refractivity contribution in [2.75, 3.05) is 13.7 Å². The molecule has 0 atom stereocenters. The summed E-state index contributed by atoms with van der Waals surface area (Å²) in [7, 11) is 1.70. The molecule has 0 aliphatic heterocycles. The van der Waals surface area contributed by atoms with E-state index >= 15 is 0 Å². The van der Waals surface area contributed by atoms with Crippen molar-refractivity contribution >= 4 is 33.4 Å². The van der Waals surface area contributed by atoms with Crippen LogP contribution in [-0.4, -0.2) is 24.5 Å². The summed E-state index contributed by atoms with van der Waals surface area (Å²) in [5.41, 5.74) is 0.912. The van der Waals surface area contributed by atoms with Gasteiger partial charge < -0.3 is 14.1 Å². The summed E-state index contributed by atoms with van der Waals surface area (Å²) in [5.74, 6) is 1.20. The second-order valence-corrected chi connectivity index (χ2v) is 5.84. The van der Waals surface area contributed by atoms with Gasteiger partial charge in [-0.15, -0.1) is 0 Å². The Labute approximate surface area is 136 Å². The molecule has 1 aromatic heterocycles. The first kappa shape index (κ1) is 15.9. The molecule has 21 heavy (non-hydrogen) atoms. The van der Waals surface area contributed by atoms with E-state index < -0.39 is 0 Å². The van der Waals surface area contributed by atoms with Gasteiger partial charge in [0.05, 0.1) is 6.54 Å². The van der Waals surface area contributed by atoms with Gasteiger partial charge in [-0.05, 0) is 58.7 Å². The van der Waals surface area contributed by atoms with Gasteiger partial charge in [0.15, 0.2) is 11.3 Å². The number of amides is 1. The standard InChI is InChI=1S/C15H15BrClNO3/c1-10-7-11(3-5-13(10)17)20-9-15(19)18(2)8-12-4-6-14(16)21-12/h3-7H,8-9H2,1-2H3. The van der Waals surface area contributed by atoms with Crippen molar-refractivity contribution in [1.29, 1.82) is 0 Å². The number of benzene rings is 1. The molecule has 4 nitrogen and oxygen atoms in total. The van der Waals surface area contributed by atoms with Crippen molar-refractivity contribution < 1.29 is 13.9 Å². The highest BCUT2D eigenvalue weighted by Crippen LogP contribution is 2.21. The van der Waals surface area contributed by atoms with Gasteiger partial charge in [-0.25, -0.2) is 0 Å². The molecule has 112 valence electrons. The van der Waals surface area contributed by atoms with Crippen molar-refractivity contribution in [2.45, 2.75) is 13.5 Å². The molecule has 0 N–H and O–H groups in total. The van der Waals surface area contributed by atoms with Gasteiger partial charge in [-0.3, -0.25) is 4.79 Å². The number of aryl methyl sites for hydroxylation is 1. The SMILES string of the molecule is Cc1cc(OCC(=O)N(C)Cc2ccc(Br)o2)ccc1Cl. The zero-order valence-electron chi connectivity index (χ0n) is 11.7. The van der Waals surface area contributed by atoms with Crippen LogP contribution in [0, 0.1) is 6.92 Å². The number of nitrogens with zero attached hydrogens (tertiary/aromatic N) is 1. The van der Waals surface area contributed by atoms with E-state index in [0.717, 1.165) is 5.56 Å². The number of rotatable bonds is 5. The number of hydrogen-bond acceptors (Lipinski definition) is 3. The Morgan fingerprint density at radius 3 is 2.76 bits per heavy atom. The Morgan fingerprint density at radius 1 is 1.38 bits per heavy atom. The van der Waals surface area contributed by atoms with Crippen LogP contribution in [0.4, 0.5) is 0 Å². The first-order chi connectivity index (χ1) is 9.95. The molecule has 0 spiro atoms. The smallest absolute Gasteiger partial charge is 0.260 e. The monoisotopic (exact) mass is 371 g/mol. The van der Waals surface area contributed by atoms with E-state index in [0.29, 0.717) is 27.7 Å². The molecule has 0 saturated heterocycles. The van der Waals surface area contributed by atoms with Crippen LogP contribution in [0.15, 0.2) is 39.4 Å². The normalized spacial score (nSPS) is 10.5. The van der Waals surface area contributed by atoms with E-state index in [1.807, 2.05) is 13.0 Å². The number of carbonyl (C=O) groups excluding carboxylic acids is 1. The second kappa shape index (κ2) is 7.00. The summed E-state index contributed by atoms with van der Waals surface area (Å²) in [6, 6.07) is 8.91. The lowest BCUT2D eigenvalue weighted by Gasteiger charge is -2.16. The molecule has 0 unspecified atom stereocenters. The summed E-state index contributed by atoms with van der Waals surface area (Å²) < 4.78 is 11.5. The van der Waals surface area contributed by atoms with E-state index in [9.17, 15) is 4.79 Å². The average Bonchev–Trinajstić information content (AvgIpc) is 2.85. The molecular weight excluding hydrogens is 358 g/mol. The van der Waals surface area contributed by atoms with Gasteiger partial charge in [0.2, 0.25) is 0 Å². The highest BCUT2D eigenvalue weighted by atomic mass is 79.9. The van der Waals surface area contributed by atoms with Gasteiger partial charge in [-0.1, -0.05) is 11.6 Å². The minimum Gasteiger partial charge on any atom is -0.484 e. The van der Waals surface area contributed by atoms with E-state index in [-0.39, 0.29) is 12.5 Å². The molecule has 6 heteroatoms. The fraction of sp³-hybridized carbons (Fsp3) is 0.267. The highest BCUT2D eigenvalue weighted by molar-refractivity contribution is 9.10. The highest BCUT2D eigenvalue weighted by Gasteiger charge is 2.12.